The third-order valence-electron chi connectivity index (χ3n) is 1.18. The SMILES string of the molecule is N=C(N)N1COC1C(=O)O. The molecule has 1 aliphatic rings. The Hall–Kier alpha value is -1.30. The van der Waals surface area contributed by atoms with Gasteiger partial charge in [0.05, 0.1) is 0 Å². The van der Waals surface area contributed by atoms with Crippen molar-refractivity contribution < 1.29 is 14.6 Å². The topological polar surface area (TPSA) is 99.6 Å². The third kappa shape index (κ3) is 0.883. The van der Waals surface area contributed by atoms with Gasteiger partial charge in [-0.25, -0.2) is 4.79 Å². The molecule has 10 heavy (non-hydrogen) atoms. The number of ether oxygens (including phenoxy) is 1. The quantitative estimate of drug-likeness (QED) is 0.310. The fraction of sp³-hybridized carbons (Fsp3) is 0.500. The van der Waals surface area contributed by atoms with Gasteiger partial charge in [-0.3, -0.25) is 10.3 Å². The maximum absolute atomic E-state index is 10.2. The maximum Gasteiger partial charge on any atom is 0.354 e. The van der Waals surface area contributed by atoms with E-state index in [0.717, 1.165) is 4.90 Å². The Morgan fingerprint density at radius 1 is 1.90 bits per heavy atom. The number of carboxylic acid groups (broad SMARTS) is 1. The Morgan fingerprint density at radius 2 is 2.50 bits per heavy atom. The van der Waals surface area contributed by atoms with Gasteiger partial charge in [0.2, 0.25) is 6.23 Å². The van der Waals surface area contributed by atoms with E-state index in [1.165, 1.54) is 0 Å². The zero-order valence-electron chi connectivity index (χ0n) is 5.07. The van der Waals surface area contributed by atoms with E-state index < -0.39 is 12.2 Å². The average molecular weight is 145 g/mol. The van der Waals surface area contributed by atoms with E-state index in [2.05, 4.69) is 4.74 Å². The predicted molar refractivity (Wildman–Crippen MR) is 31.1 cm³/mol. The highest BCUT2D eigenvalue weighted by atomic mass is 16.6. The van der Waals surface area contributed by atoms with Gasteiger partial charge in [-0.05, 0) is 0 Å². The number of nitrogens with two attached hydrogens (primary N) is 1. The molecule has 4 N–H and O–H groups in total. The first kappa shape index (κ1) is 6.81. The second-order valence-electron chi connectivity index (χ2n) is 1.84. The fourth-order valence-electron chi connectivity index (χ4n) is 0.624. The van der Waals surface area contributed by atoms with Crippen LogP contribution in [0.15, 0.2) is 0 Å². The summed E-state index contributed by atoms with van der Waals surface area (Å²) in [6, 6.07) is 0. The second-order valence-corrected chi connectivity index (χ2v) is 1.84. The molecule has 1 rings (SSSR count). The number of aliphatic carboxylic acids is 1. The van der Waals surface area contributed by atoms with Gasteiger partial charge in [-0.2, -0.15) is 0 Å². The molecule has 0 saturated carbocycles. The number of rotatable bonds is 1. The number of hydrogen-bond acceptors (Lipinski definition) is 3. The summed E-state index contributed by atoms with van der Waals surface area (Å²) in [5.74, 6) is -1.40. The lowest BCUT2D eigenvalue weighted by atomic mass is 10.4. The molecule has 0 bridgehead atoms. The van der Waals surface area contributed by atoms with Crippen LogP contribution in [0.4, 0.5) is 0 Å². The molecule has 1 aliphatic heterocycles. The van der Waals surface area contributed by atoms with Gasteiger partial charge in [0.25, 0.3) is 0 Å². The van der Waals surface area contributed by atoms with Gasteiger partial charge < -0.3 is 15.6 Å². The summed E-state index contributed by atoms with van der Waals surface area (Å²) in [7, 11) is 0. The summed E-state index contributed by atoms with van der Waals surface area (Å²) >= 11 is 0. The highest BCUT2D eigenvalue weighted by molar-refractivity contribution is 5.82. The van der Waals surface area contributed by atoms with Gasteiger partial charge in [-0.1, -0.05) is 0 Å². The van der Waals surface area contributed by atoms with Crippen LogP contribution >= 0.6 is 0 Å². The van der Waals surface area contributed by atoms with E-state index in [1.54, 1.807) is 0 Å². The first-order valence-corrected chi connectivity index (χ1v) is 2.58. The van der Waals surface area contributed by atoms with E-state index in [-0.39, 0.29) is 12.7 Å². The number of nitrogens with zero attached hydrogens (tertiary/aromatic N) is 1. The number of nitrogens with one attached hydrogen (secondary N) is 1. The minimum Gasteiger partial charge on any atom is -0.478 e. The minimum absolute atomic E-state index is 0.0896. The van der Waals surface area contributed by atoms with Crippen molar-refractivity contribution in [1.82, 2.24) is 4.90 Å². The zero-order chi connectivity index (χ0) is 7.72. The van der Waals surface area contributed by atoms with Crippen molar-refractivity contribution >= 4 is 11.9 Å². The van der Waals surface area contributed by atoms with Crippen molar-refractivity contribution in [2.45, 2.75) is 6.23 Å². The molecule has 1 saturated heterocycles. The zero-order valence-corrected chi connectivity index (χ0v) is 5.07. The summed E-state index contributed by atoms with van der Waals surface area (Å²) in [4.78, 5) is 11.3. The molecule has 56 valence electrons. The van der Waals surface area contributed by atoms with Crippen LogP contribution in [0.1, 0.15) is 0 Å². The van der Waals surface area contributed by atoms with Crippen molar-refractivity contribution in [2.75, 3.05) is 6.73 Å². The van der Waals surface area contributed by atoms with E-state index in [0.29, 0.717) is 0 Å². The van der Waals surface area contributed by atoms with E-state index in [1.807, 2.05) is 0 Å². The van der Waals surface area contributed by atoms with Crippen LogP contribution in [0, 0.1) is 5.41 Å². The molecule has 0 amide bonds. The van der Waals surface area contributed by atoms with Crippen molar-refractivity contribution in [3.05, 3.63) is 0 Å². The Bertz CT molecular complexity index is 161. The lowest BCUT2D eigenvalue weighted by Gasteiger charge is -2.37. The lowest BCUT2D eigenvalue weighted by molar-refractivity contribution is -0.206. The van der Waals surface area contributed by atoms with Crippen LogP contribution in [0.5, 0.6) is 0 Å². The molecular formula is C4H7N3O3. The molecule has 0 aliphatic carbocycles. The van der Waals surface area contributed by atoms with Crippen molar-refractivity contribution in [2.24, 2.45) is 5.73 Å². The average Bonchev–Trinajstić information content (AvgIpc) is 1.56. The normalized spacial score (nSPS) is 23.6. The van der Waals surface area contributed by atoms with Crippen LogP contribution in [0.2, 0.25) is 0 Å². The van der Waals surface area contributed by atoms with Gasteiger partial charge in [0, 0.05) is 0 Å². The molecule has 0 spiro atoms. The predicted octanol–water partition coefficient (Wildman–Crippen LogP) is -1.42. The number of guanidine groups is 1. The molecule has 1 heterocycles. The Kier molecular flexibility index (Phi) is 1.46. The van der Waals surface area contributed by atoms with Crippen LogP contribution < -0.4 is 5.73 Å². The number of carboxylic acids is 1. The summed E-state index contributed by atoms with van der Waals surface area (Å²) in [5, 5.41) is 15.2. The van der Waals surface area contributed by atoms with Gasteiger partial charge in [0.1, 0.15) is 6.73 Å². The first-order valence-electron chi connectivity index (χ1n) is 2.58. The first-order chi connectivity index (χ1) is 4.63. The van der Waals surface area contributed by atoms with Gasteiger partial charge in [-0.15, -0.1) is 0 Å². The smallest absolute Gasteiger partial charge is 0.354 e. The number of carbonyl (C=O) groups is 1. The molecule has 0 aromatic rings. The Balaban J connectivity index is 2.51. The molecule has 6 heteroatoms. The number of hydrogen-bond donors (Lipinski definition) is 3. The molecule has 0 aromatic heterocycles. The maximum atomic E-state index is 10.2. The highest BCUT2D eigenvalue weighted by Gasteiger charge is 2.36. The summed E-state index contributed by atoms with van der Waals surface area (Å²) in [5.41, 5.74) is 4.99. The highest BCUT2D eigenvalue weighted by Crippen LogP contribution is 2.11. The van der Waals surface area contributed by atoms with E-state index in [4.69, 9.17) is 16.2 Å². The molecule has 0 aromatic carbocycles. The van der Waals surface area contributed by atoms with Crippen molar-refractivity contribution in [3.63, 3.8) is 0 Å². The van der Waals surface area contributed by atoms with E-state index >= 15 is 0 Å². The summed E-state index contributed by atoms with van der Waals surface area (Å²) in [6.07, 6.45) is -1.06. The Labute approximate surface area is 56.7 Å². The van der Waals surface area contributed by atoms with Crippen molar-refractivity contribution in [1.29, 1.82) is 5.41 Å². The fourth-order valence-corrected chi connectivity index (χ4v) is 0.624. The van der Waals surface area contributed by atoms with Crippen LogP contribution in [0.3, 0.4) is 0 Å². The molecular weight excluding hydrogens is 138 g/mol. The standard InChI is InChI=1S/C4H7N3O3/c5-4(6)7-1-10-2(7)3(8)9/h2H,1H2,(H3,5,6)(H,8,9). The van der Waals surface area contributed by atoms with Crippen LogP contribution in [0.25, 0.3) is 0 Å². The van der Waals surface area contributed by atoms with Gasteiger partial charge >= 0.3 is 5.97 Å². The molecule has 0 radical (unpaired) electrons. The molecule has 1 fully saturated rings. The van der Waals surface area contributed by atoms with Crippen LogP contribution in [-0.2, 0) is 9.53 Å². The Morgan fingerprint density at radius 3 is 2.60 bits per heavy atom. The van der Waals surface area contributed by atoms with Gasteiger partial charge in [0.15, 0.2) is 5.96 Å². The molecule has 6 nitrogen and oxygen atoms in total. The van der Waals surface area contributed by atoms with E-state index in [9.17, 15) is 4.79 Å². The lowest BCUT2D eigenvalue weighted by Crippen LogP contribution is -2.59. The molecule has 1 unspecified atom stereocenters. The van der Waals surface area contributed by atoms with Crippen molar-refractivity contribution in [3.8, 4) is 0 Å². The monoisotopic (exact) mass is 145 g/mol. The second kappa shape index (κ2) is 2.14. The third-order valence-corrected chi connectivity index (χ3v) is 1.18. The minimum atomic E-state index is -1.12. The van der Waals surface area contributed by atoms with Crippen LogP contribution in [-0.4, -0.2) is 34.9 Å². The molecule has 1 atom stereocenters. The summed E-state index contributed by atoms with van der Waals surface area (Å²) < 4.78 is 4.57. The summed E-state index contributed by atoms with van der Waals surface area (Å²) in [6.45, 7) is 0.0896. The largest absolute Gasteiger partial charge is 0.478 e.